The molecule has 0 amide bonds. The summed E-state index contributed by atoms with van der Waals surface area (Å²) in [5.74, 6) is 6.21. The van der Waals surface area contributed by atoms with Gasteiger partial charge in [-0.1, -0.05) is 0 Å². The number of anilines is 3. The summed E-state index contributed by atoms with van der Waals surface area (Å²) in [5.41, 5.74) is 2.94. The average Bonchev–Trinajstić information content (AvgIpc) is 2.40. The third-order valence-corrected chi connectivity index (χ3v) is 2.35. The SMILES string of the molecule is Cc1nc(NN)cc(Nc2ccc(F)c(C#N)c2)n1. The highest BCUT2D eigenvalue weighted by Crippen LogP contribution is 2.19. The minimum Gasteiger partial charge on any atom is -0.340 e. The molecule has 0 aliphatic heterocycles. The fourth-order valence-electron chi connectivity index (χ4n) is 1.54. The predicted octanol–water partition coefficient (Wildman–Crippen LogP) is 1.82. The first-order chi connectivity index (χ1) is 9.12. The molecule has 0 bridgehead atoms. The number of hydrazine groups is 1. The van der Waals surface area contributed by atoms with E-state index in [2.05, 4.69) is 20.7 Å². The van der Waals surface area contributed by atoms with Gasteiger partial charge in [0.2, 0.25) is 0 Å². The number of nitrogens with zero attached hydrogens (tertiary/aromatic N) is 3. The lowest BCUT2D eigenvalue weighted by Crippen LogP contribution is -2.10. The Bertz CT molecular complexity index is 649. The minimum absolute atomic E-state index is 0.0343. The first kappa shape index (κ1) is 12.7. The van der Waals surface area contributed by atoms with Crippen molar-refractivity contribution in [2.24, 2.45) is 5.84 Å². The van der Waals surface area contributed by atoms with Gasteiger partial charge < -0.3 is 10.7 Å². The molecule has 0 saturated heterocycles. The summed E-state index contributed by atoms with van der Waals surface area (Å²) >= 11 is 0. The molecule has 0 atom stereocenters. The Morgan fingerprint density at radius 2 is 2.00 bits per heavy atom. The van der Waals surface area contributed by atoms with Crippen LogP contribution in [-0.4, -0.2) is 9.97 Å². The van der Waals surface area contributed by atoms with E-state index in [1.165, 1.54) is 18.2 Å². The van der Waals surface area contributed by atoms with E-state index in [1.54, 1.807) is 19.1 Å². The van der Waals surface area contributed by atoms with Gasteiger partial charge in [-0.15, -0.1) is 0 Å². The lowest BCUT2D eigenvalue weighted by atomic mass is 10.2. The second-order valence-electron chi connectivity index (χ2n) is 3.76. The molecule has 0 fully saturated rings. The van der Waals surface area contributed by atoms with Gasteiger partial charge in [0.25, 0.3) is 0 Å². The summed E-state index contributed by atoms with van der Waals surface area (Å²) < 4.78 is 13.2. The van der Waals surface area contributed by atoms with Crippen molar-refractivity contribution < 1.29 is 4.39 Å². The largest absolute Gasteiger partial charge is 0.340 e. The van der Waals surface area contributed by atoms with Crippen LogP contribution in [0.25, 0.3) is 0 Å². The third-order valence-electron chi connectivity index (χ3n) is 2.35. The molecule has 1 heterocycles. The number of nitrogens with one attached hydrogen (secondary N) is 2. The van der Waals surface area contributed by atoms with E-state index in [0.717, 1.165) is 0 Å². The molecule has 0 aliphatic carbocycles. The van der Waals surface area contributed by atoms with Gasteiger partial charge >= 0.3 is 0 Å². The molecule has 7 heteroatoms. The van der Waals surface area contributed by atoms with Gasteiger partial charge in [0.15, 0.2) is 0 Å². The predicted molar refractivity (Wildman–Crippen MR) is 69.0 cm³/mol. The van der Waals surface area contributed by atoms with E-state index < -0.39 is 5.82 Å². The quantitative estimate of drug-likeness (QED) is 0.573. The van der Waals surface area contributed by atoms with Crippen LogP contribution in [0, 0.1) is 24.1 Å². The Morgan fingerprint density at radius 3 is 2.68 bits per heavy atom. The van der Waals surface area contributed by atoms with Gasteiger partial charge in [0.05, 0.1) is 5.56 Å². The number of rotatable bonds is 3. The molecular weight excluding hydrogens is 247 g/mol. The fraction of sp³-hybridized carbons (Fsp3) is 0.0833. The number of nitrogen functional groups attached to an aromatic ring is 1. The normalized spacial score (nSPS) is 9.79. The third kappa shape index (κ3) is 2.94. The van der Waals surface area contributed by atoms with Crippen LogP contribution in [0.1, 0.15) is 11.4 Å². The second-order valence-corrected chi connectivity index (χ2v) is 3.76. The van der Waals surface area contributed by atoms with Crippen LogP contribution >= 0.6 is 0 Å². The Labute approximate surface area is 109 Å². The minimum atomic E-state index is -0.559. The summed E-state index contributed by atoms with van der Waals surface area (Å²) in [5, 5.41) is 11.7. The first-order valence-electron chi connectivity index (χ1n) is 5.41. The molecule has 0 saturated carbocycles. The number of nitriles is 1. The molecule has 1 aromatic heterocycles. The molecular formula is C12H11FN6. The Balaban J connectivity index is 2.31. The zero-order valence-corrected chi connectivity index (χ0v) is 10.1. The van der Waals surface area contributed by atoms with Crippen LogP contribution in [-0.2, 0) is 0 Å². The summed E-state index contributed by atoms with van der Waals surface area (Å²) in [6, 6.07) is 7.52. The van der Waals surface area contributed by atoms with E-state index in [1.807, 2.05) is 0 Å². The van der Waals surface area contributed by atoms with Crippen molar-refractivity contribution in [3.63, 3.8) is 0 Å². The number of hydrogen-bond donors (Lipinski definition) is 3. The number of aromatic nitrogens is 2. The van der Waals surface area contributed by atoms with Crippen molar-refractivity contribution in [1.82, 2.24) is 9.97 Å². The van der Waals surface area contributed by atoms with E-state index in [4.69, 9.17) is 11.1 Å². The maximum Gasteiger partial charge on any atom is 0.145 e. The van der Waals surface area contributed by atoms with Crippen LogP contribution in [0.15, 0.2) is 24.3 Å². The van der Waals surface area contributed by atoms with E-state index in [-0.39, 0.29) is 5.56 Å². The van der Waals surface area contributed by atoms with Crippen molar-refractivity contribution in [2.75, 3.05) is 10.7 Å². The monoisotopic (exact) mass is 258 g/mol. The summed E-state index contributed by atoms with van der Waals surface area (Å²) in [6.07, 6.45) is 0. The van der Waals surface area contributed by atoms with Gasteiger partial charge in [-0.25, -0.2) is 20.2 Å². The molecule has 0 spiro atoms. The Morgan fingerprint density at radius 1 is 1.26 bits per heavy atom. The maximum absolute atomic E-state index is 13.2. The van der Waals surface area contributed by atoms with Crippen molar-refractivity contribution in [2.45, 2.75) is 6.92 Å². The fourth-order valence-corrected chi connectivity index (χ4v) is 1.54. The van der Waals surface area contributed by atoms with Crippen LogP contribution in [0.2, 0.25) is 0 Å². The van der Waals surface area contributed by atoms with Crippen molar-refractivity contribution in [3.05, 3.63) is 41.5 Å². The number of hydrogen-bond acceptors (Lipinski definition) is 6. The molecule has 19 heavy (non-hydrogen) atoms. The van der Waals surface area contributed by atoms with Crippen molar-refractivity contribution in [3.8, 4) is 6.07 Å². The Kier molecular flexibility index (Phi) is 3.54. The van der Waals surface area contributed by atoms with Gasteiger partial charge in [-0.2, -0.15) is 5.26 Å². The lowest BCUT2D eigenvalue weighted by Gasteiger charge is -2.08. The summed E-state index contributed by atoms with van der Waals surface area (Å²) in [6.45, 7) is 1.72. The molecule has 0 radical (unpaired) electrons. The standard InChI is InChI=1S/C12H11FN6/c1-7-16-11(5-12(17-7)19-15)18-9-2-3-10(13)8(4-9)6-14/h2-5H,15H2,1H3,(H2,16,17,18,19). The maximum atomic E-state index is 13.2. The van der Waals surface area contributed by atoms with Gasteiger partial charge in [0.1, 0.15) is 29.3 Å². The number of aryl methyl sites for hydroxylation is 1. The smallest absolute Gasteiger partial charge is 0.145 e. The van der Waals surface area contributed by atoms with Gasteiger partial charge in [-0.05, 0) is 25.1 Å². The lowest BCUT2D eigenvalue weighted by molar-refractivity contribution is 0.624. The molecule has 2 rings (SSSR count). The van der Waals surface area contributed by atoms with Crippen LogP contribution < -0.4 is 16.6 Å². The molecule has 4 N–H and O–H groups in total. The van der Waals surface area contributed by atoms with Crippen LogP contribution in [0.5, 0.6) is 0 Å². The van der Waals surface area contributed by atoms with E-state index >= 15 is 0 Å². The van der Waals surface area contributed by atoms with Crippen LogP contribution in [0.3, 0.4) is 0 Å². The van der Waals surface area contributed by atoms with Crippen molar-refractivity contribution >= 4 is 17.3 Å². The number of halogens is 1. The van der Waals surface area contributed by atoms with Gasteiger partial charge in [-0.3, -0.25) is 0 Å². The molecule has 0 aliphatic rings. The number of nitrogens with two attached hydrogens (primary N) is 1. The summed E-state index contributed by atoms with van der Waals surface area (Å²) in [7, 11) is 0. The molecule has 6 nitrogen and oxygen atoms in total. The van der Waals surface area contributed by atoms with E-state index in [9.17, 15) is 4.39 Å². The first-order valence-corrected chi connectivity index (χ1v) is 5.41. The van der Waals surface area contributed by atoms with E-state index in [0.29, 0.717) is 23.1 Å². The highest BCUT2D eigenvalue weighted by molar-refractivity contribution is 5.61. The molecule has 2 aromatic rings. The zero-order valence-electron chi connectivity index (χ0n) is 10.1. The zero-order chi connectivity index (χ0) is 13.8. The van der Waals surface area contributed by atoms with Crippen LogP contribution in [0.4, 0.5) is 21.7 Å². The second kappa shape index (κ2) is 5.29. The topological polar surface area (TPSA) is 99.6 Å². The van der Waals surface area contributed by atoms with Crippen molar-refractivity contribution in [1.29, 1.82) is 5.26 Å². The molecule has 1 aromatic carbocycles. The van der Waals surface area contributed by atoms with Gasteiger partial charge in [0, 0.05) is 11.8 Å². The Hall–Kier alpha value is -2.72. The average molecular weight is 258 g/mol. The summed E-state index contributed by atoms with van der Waals surface area (Å²) in [4.78, 5) is 8.20. The molecule has 0 unspecified atom stereocenters. The highest BCUT2D eigenvalue weighted by atomic mass is 19.1. The highest BCUT2D eigenvalue weighted by Gasteiger charge is 2.05. The number of benzene rings is 1. The molecule has 96 valence electrons.